The molecule has 0 saturated carbocycles. The van der Waals surface area contributed by atoms with Crippen LogP contribution in [0, 0.1) is 6.92 Å². The van der Waals surface area contributed by atoms with Crippen molar-refractivity contribution in [2.24, 2.45) is 0 Å². The molecule has 3 nitrogen and oxygen atoms in total. The normalized spacial score (nSPS) is 13.6. The summed E-state index contributed by atoms with van der Waals surface area (Å²) in [6, 6.07) is 0. The molecule has 0 heterocycles. The van der Waals surface area contributed by atoms with E-state index in [2.05, 4.69) is 6.58 Å². The number of ketones is 1. The lowest BCUT2D eigenvalue weighted by atomic mass is 9.95. The van der Waals surface area contributed by atoms with E-state index in [-0.39, 0.29) is 11.5 Å². The van der Waals surface area contributed by atoms with Gasteiger partial charge in [-0.15, -0.1) is 6.58 Å². The highest BCUT2D eigenvalue weighted by Gasteiger charge is 2.29. The molecule has 0 fully saturated rings. The molecule has 0 bridgehead atoms. The topological polar surface area (TPSA) is 46.5 Å². The van der Waals surface area contributed by atoms with Gasteiger partial charge in [0.15, 0.2) is 5.78 Å². The molecule has 0 aromatic heterocycles. The molecule has 0 atom stereocenters. The summed E-state index contributed by atoms with van der Waals surface area (Å²) in [5, 5.41) is 10.2. The smallest absolute Gasteiger partial charge is 0.167 e. The molecule has 0 spiro atoms. The van der Waals surface area contributed by atoms with Crippen LogP contribution in [-0.4, -0.2) is 18.0 Å². The molecule has 17 heavy (non-hydrogen) atoms. The van der Waals surface area contributed by atoms with E-state index in [0.29, 0.717) is 36.1 Å². The van der Waals surface area contributed by atoms with Crippen molar-refractivity contribution in [2.45, 2.75) is 26.2 Å². The van der Waals surface area contributed by atoms with Gasteiger partial charge in [0.1, 0.15) is 11.5 Å². The maximum atomic E-state index is 11.8. The number of phenols is 1. The zero-order chi connectivity index (χ0) is 12.6. The van der Waals surface area contributed by atoms with Crippen molar-refractivity contribution in [3.8, 4) is 11.5 Å². The molecule has 1 aliphatic carbocycles. The molecule has 0 saturated heterocycles. The average molecular weight is 232 g/mol. The molecule has 1 N–H and O–H groups in total. The van der Waals surface area contributed by atoms with Gasteiger partial charge in [0.25, 0.3) is 0 Å². The zero-order valence-corrected chi connectivity index (χ0v) is 10.2. The number of allylic oxidation sites excluding steroid dienone is 1. The molecule has 0 radical (unpaired) electrons. The fourth-order valence-corrected chi connectivity index (χ4v) is 2.54. The third kappa shape index (κ3) is 1.62. The molecule has 2 rings (SSSR count). The van der Waals surface area contributed by atoms with Gasteiger partial charge in [0, 0.05) is 12.0 Å². The first-order valence-corrected chi connectivity index (χ1v) is 5.67. The number of Topliss-reactive ketones (excluding diaryl/α,β-unsaturated/α-hetero) is 1. The zero-order valence-electron chi connectivity index (χ0n) is 10.2. The Kier molecular flexibility index (Phi) is 2.92. The lowest BCUT2D eigenvalue weighted by Gasteiger charge is -2.16. The van der Waals surface area contributed by atoms with E-state index >= 15 is 0 Å². The van der Waals surface area contributed by atoms with Crippen molar-refractivity contribution in [1.82, 2.24) is 0 Å². The van der Waals surface area contributed by atoms with Gasteiger partial charge in [-0.2, -0.15) is 0 Å². The van der Waals surface area contributed by atoms with Crippen LogP contribution in [0.15, 0.2) is 12.7 Å². The fourth-order valence-electron chi connectivity index (χ4n) is 2.54. The minimum Gasteiger partial charge on any atom is -0.507 e. The number of methoxy groups -OCH3 is 1. The van der Waals surface area contributed by atoms with Gasteiger partial charge < -0.3 is 9.84 Å². The molecule has 0 unspecified atom stereocenters. The van der Waals surface area contributed by atoms with E-state index in [1.54, 1.807) is 13.2 Å². The van der Waals surface area contributed by atoms with Crippen molar-refractivity contribution in [3.63, 3.8) is 0 Å². The van der Waals surface area contributed by atoms with Crippen LogP contribution < -0.4 is 4.74 Å². The average Bonchev–Trinajstić information content (AvgIpc) is 2.69. The number of rotatable bonds is 3. The summed E-state index contributed by atoms with van der Waals surface area (Å²) < 4.78 is 5.35. The predicted octanol–water partition coefficient (Wildman–Crippen LogP) is 2.57. The monoisotopic (exact) mass is 232 g/mol. The van der Waals surface area contributed by atoms with Gasteiger partial charge >= 0.3 is 0 Å². The van der Waals surface area contributed by atoms with Gasteiger partial charge in [-0.25, -0.2) is 0 Å². The second-order valence-electron chi connectivity index (χ2n) is 4.25. The van der Waals surface area contributed by atoms with Crippen molar-refractivity contribution in [1.29, 1.82) is 0 Å². The van der Waals surface area contributed by atoms with Crippen LogP contribution in [0.25, 0.3) is 0 Å². The molecule has 90 valence electrons. The summed E-state index contributed by atoms with van der Waals surface area (Å²) in [6.45, 7) is 5.60. The van der Waals surface area contributed by atoms with Crippen LogP contribution in [0.5, 0.6) is 11.5 Å². The first-order chi connectivity index (χ1) is 8.11. The Labute approximate surface area is 101 Å². The first kappa shape index (κ1) is 11.7. The number of hydrogen-bond acceptors (Lipinski definition) is 3. The summed E-state index contributed by atoms with van der Waals surface area (Å²) in [7, 11) is 1.58. The van der Waals surface area contributed by atoms with Crippen LogP contribution in [-0.2, 0) is 12.8 Å². The molecule has 1 aliphatic rings. The summed E-state index contributed by atoms with van der Waals surface area (Å²) in [4.78, 5) is 11.8. The highest BCUT2D eigenvalue weighted by molar-refractivity contribution is 6.04. The summed E-state index contributed by atoms with van der Waals surface area (Å²) in [5.74, 6) is 0.772. The third-order valence-electron chi connectivity index (χ3n) is 3.33. The highest BCUT2D eigenvalue weighted by Crippen LogP contribution is 2.42. The van der Waals surface area contributed by atoms with Gasteiger partial charge in [-0.3, -0.25) is 4.79 Å². The Hall–Kier alpha value is -1.77. The molecule has 1 aromatic rings. The summed E-state index contributed by atoms with van der Waals surface area (Å²) >= 11 is 0. The van der Waals surface area contributed by atoms with Crippen LogP contribution in [0.3, 0.4) is 0 Å². The van der Waals surface area contributed by atoms with E-state index in [1.165, 1.54) is 0 Å². The quantitative estimate of drug-likeness (QED) is 0.815. The van der Waals surface area contributed by atoms with Gasteiger partial charge in [-0.1, -0.05) is 6.08 Å². The van der Waals surface area contributed by atoms with Gasteiger partial charge in [-0.05, 0) is 30.9 Å². The Morgan fingerprint density at radius 2 is 2.18 bits per heavy atom. The molecular formula is C14H16O3. The largest absolute Gasteiger partial charge is 0.507 e. The van der Waals surface area contributed by atoms with Crippen molar-refractivity contribution in [3.05, 3.63) is 34.9 Å². The van der Waals surface area contributed by atoms with Gasteiger partial charge in [0.05, 0.1) is 12.7 Å². The van der Waals surface area contributed by atoms with Crippen molar-refractivity contribution < 1.29 is 14.6 Å². The van der Waals surface area contributed by atoms with Crippen molar-refractivity contribution >= 4 is 5.78 Å². The molecular weight excluding hydrogens is 216 g/mol. The number of phenolic OH excluding ortho intramolecular Hbond substituents is 1. The number of carbonyl (C=O) groups is 1. The molecule has 0 amide bonds. The van der Waals surface area contributed by atoms with Crippen LogP contribution >= 0.6 is 0 Å². The maximum absolute atomic E-state index is 11.8. The van der Waals surface area contributed by atoms with Crippen LogP contribution in [0.4, 0.5) is 0 Å². The van der Waals surface area contributed by atoms with Crippen LogP contribution in [0.1, 0.15) is 33.5 Å². The Morgan fingerprint density at radius 1 is 1.47 bits per heavy atom. The van der Waals surface area contributed by atoms with Gasteiger partial charge in [0.2, 0.25) is 0 Å². The number of benzene rings is 1. The minimum atomic E-state index is 0.0218. The summed E-state index contributed by atoms with van der Waals surface area (Å²) in [5.41, 5.74) is 3.04. The van der Waals surface area contributed by atoms with E-state index in [0.717, 1.165) is 11.1 Å². The lowest BCUT2D eigenvalue weighted by molar-refractivity contribution is 0.0992. The third-order valence-corrected chi connectivity index (χ3v) is 3.33. The molecule has 3 heteroatoms. The maximum Gasteiger partial charge on any atom is 0.167 e. The van der Waals surface area contributed by atoms with E-state index in [4.69, 9.17) is 4.74 Å². The number of carbonyl (C=O) groups excluding carboxylic acids is 1. The predicted molar refractivity (Wildman–Crippen MR) is 65.9 cm³/mol. The van der Waals surface area contributed by atoms with E-state index in [9.17, 15) is 9.90 Å². The van der Waals surface area contributed by atoms with E-state index in [1.807, 2.05) is 6.92 Å². The Morgan fingerprint density at radius 3 is 2.76 bits per heavy atom. The first-order valence-electron chi connectivity index (χ1n) is 5.67. The fraction of sp³-hybridized carbons (Fsp3) is 0.357. The second kappa shape index (κ2) is 4.24. The number of ether oxygens (including phenoxy) is 1. The highest BCUT2D eigenvalue weighted by atomic mass is 16.5. The second-order valence-corrected chi connectivity index (χ2v) is 4.25. The van der Waals surface area contributed by atoms with E-state index < -0.39 is 0 Å². The number of hydrogen-bond donors (Lipinski definition) is 1. The van der Waals surface area contributed by atoms with Crippen molar-refractivity contribution in [2.75, 3.05) is 7.11 Å². The Bertz CT molecular complexity index is 501. The SMILES string of the molecule is C=CCc1c(O)c2c(c(C)c1OC)CCC2=O. The number of fused-ring (bicyclic) bond motifs is 1. The Balaban J connectivity index is 2.76. The minimum absolute atomic E-state index is 0.0218. The molecule has 1 aromatic carbocycles. The number of aromatic hydroxyl groups is 1. The van der Waals surface area contributed by atoms with Crippen LogP contribution in [0.2, 0.25) is 0 Å². The molecule has 0 aliphatic heterocycles. The lowest BCUT2D eigenvalue weighted by Crippen LogP contribution is -2.02. The summed E-state index contributed by atoms with van der Waals surface area (Å²) in [6.07, 6.45) is 3.36. The standard InChI is InChI=1S/C14H16O3/c1-4-5-10-13(16)12-9(6-7-11(12)15)8(2)14(10)17-3/h4,16H,1,5-7H2,2-3H3.